The molecule has 1 fully saturated rings. The van der Waals surface area contributed by atoms with Crippen LogP contribution in [0.1, 0.15) is 29.4 Å². The number of likely N-dealkylation sites (tertiary alicyclic amines) is 1. The van der Waals surface area contributed by atoms with Crippen LogP contribution in [0.3, 0.4) is 0 Å². The van der Waals surface area contributed by atoms with E-state index in [0.29, 0.717) is 64.1 Å². The summed E-state index contributed by atoms with van der Waals surface area (Å²) in [6.45, 7) is 0.609. The molecule has 2 aromatic carbocycles. The van der Waals surface area contributed by atoms with Crippen molar-refractivity contribution in [3.63, 3.8) is 0 Å². The Labute approximate surface area is 230 Å². The number of nitrogens with one attached hydrogen (secondary N) is 1. The normalized spacial score (nSPS) is 16.4. The Hall–Kier alpha value is -5.40. The molecule has 0 spiro atoms. The minimum Gasteiger partial charge on any atom is -0.465 e. The molecule has 0 unspecified atom stereocenters. The van der Waals surface area contributed by atoms with E-state index in [0.717, 1.165) is 0 Å². The van der Waals surface area contributed by atoms with Gasteiger partial charge in [-0.3, -0.25) is 4.79 Å². The molecule has 1 atom stereocenters. The number of hydrogen-bond donors (Lipinski definition) is 3. The van der Waals surface area contributed by atoms with Crippen molar-refractivity contribution in [2.75, 3.05) is 30.9 Å². The van der Waals surface area contributed by atoms with Gasteiger partial charge in [-0.15, -0.1) is 0 Å². The van der Waals surface area contributed by atoms with Crippen LogP contribution in [0.5, 0.6) is 11.5 Å². The topological polar surface area (TPSA) is 171 Å². The third-order valence-corrected chi connectivity index (χ3v) is 7.26. The van der Waals surface area contributed by atoms with Crippen LogP contribution in [0.15, 0.2) is 47.1 Å². The summed E-state index contributed by atoms with van der Waals surface area (Å²) in [6, 6.07) is 8.54. The van der Waals surface area contributed by atoms with Gasteiger partial charge in [-0.1, -0.05) is 0 Å². The van der Waals surface area contributed by atoms with Crippen molar-refractivity contribution in [1.82, 2.24) is 24.6 Å². The Bertz CT molecular complexity index is 1870. The number of ether oxygens (including phenoxy) is 2. The highest BCUT2D eigenvalue weighted by Crippen LogP contribution is 2.48. The first-order valence-electron chi connectivity index (χ1n) is 12.8. The third-order valence-electron chi connectivity index (χ3n) is 7.26. The summed E-state index contributed by atoms with van der Waals surface area (Å²) >= 11 is 0. The quantitative estimate of drug-likeness (QED) is 0.289. The minimum absolute atomic E-state index is 0.000104. The fourth-order valence-electron chi connectivity index (χ4n) is 5.36. The van der Waals surface area contributed by atoms with E-state index < -0.39 is 17.8 Å². The van der Waals surface area contributed by atoms with Crippen molar-refractivity contribution >= 4 is 45.5 Å². The van der Waals surface area contributed by atoms with Gasteiger partial charge in [-0.2, -0.15) is 5.10 Å². The zero-order valence-corrected chi connectivity index (χ0v) is 21.3. The number of carbonyl (C=O) groups excluding carboxylic acids is 1. The number of carbonyl (C=O) groups is 2. The summed E-state index contributed by atoms with van der Waals surface area (Å²) in [5.41, 5.74) is 8.43. The SMILES string of the molecule is Nc1ncnc2c1c(-c1ccc(NC(=O)c3cc4cc(F)ccc4o3)c3c1OCO3)nn2[C@@H]1CCCN(C(=O)O)C1. The molecule has 0 saturated carbocycles. The van der Waals surface area contributed by atoms with E-state index in [1.807, 2.05) is 0 Å². The van der Waals surface area contributed by atoms with Gasteiger partial charge in [0.25, 0.3) is 5.91 Å². The molecule has 2 aliphatic rings. The number of benzene rings is 2. The van der Waals surface area contributed by atoms with Gasteiger partial charge in [0, 0.05) is 24.0 Å². The first-order valence-corrected chi connectivity index (χ1v) is 12.8. The molecule has 7 rings (SSSR count). The number of rotatable bonds is 4. The van der Waals surface area contributed by atoms with Crippen LogP contribution in [0, 0.1) is 5.82 Å². The summed E-state index contributed by atoms with van der Waals surface area (Å²) in [4.78, 5) is 34.6. The number of aromatic nitrogens is 4. The van der Waals surface area contributed by atoms with E-state index in [1.165, 1.54) is 35.5 Å². The smallest absolute Gasteiger partial charge is 0.407 e. The Morgan fingerprint density at radius 3 is 2.83 bits per heavy atom. The zero-order valence-electron chi connectivity index (χ0n) is 21.3. The number of anilines is 2. The second-order valence-electron chi connectivity index (χ2n) is 9.75. The van der Waals surface area contributed by atoms with Crippen LogP contribution in [-0.4, -0.2) is 61.6 Å². The van der Waals surface area contributed by atoms with Crippen molar-refractivity contribution in [2.45, 2.75) is 18.9 Å². The Morgan fingerprint density at radius 1 is 1.12 bits per heavy atom. The van der Waals surface area contributed by atoms with Crippen LogP contribution < -0.4 is 20.5 Å². The van der Waals surface area contributed by atoms with Gasteiger partial charge in [0.15, 0.2) is 22.9 Å². The maximum absolute atomic E-state index is 13.6. The number of halogens is 1. The fraction of sp³-hybridized carbons (Fsp3) is 0.222. The van der Waals surface area contributed by atoms with Crippen molar-refractivity contribution < 1.29 is 33.0 Å². The minimum atomic E-state index is -0.989. The molecule has 13 nitrogen and oxygen atoms in total. The standard InChI is InChI=1S/C27H22FN7O6/c28-14-3-6-18-13(8-14)9-19(41-18)26(36)32-17-5-4-16(22-23(17)40-12-39-22)21-20-24(29)30-11-31-25(20)35(33-21)15-2-1-7-34(10-15)27(37)38/h3-6,8-9,11,15H,1-2,7,10,12H2,(H,32,36)(H,37,38)(H2,29,30,31)/t15-/m1/s1. The zero-order chi connectivity index (χ0) is 28.2. The molecule has 2 amide bonds. The average molecular weight is 560 g/mol. The van der Waals surface area contributed by atoms with E-state index in [2.05, 4.69) is 15.3 Å². The van der Waals surface area contributed by atoms with Crippen molar-refractivity contribution in [3.8, 4) is 22.8 Å². The van der Waals surface area contributed by atoms with Crippen LogP contribution in [0.4, 0.5) is 20.7 Å². The van der Waals surface area contributed by atoms with Crippen LogP contribution >= 0.6 is 0 Å². The van der Waals surface area contributed by atoms with E-state index in [-0.39, 0.29) is 36.7 Å². The van der Waals surface area contributed by atoms with Gasteiger partial charge in [-0.25, -0.2) is 23.8 Å². The largest absolute Gasteiger partial charge is 0.465 e. The van der Waals surface area contributed by atoms with Gasteiger partial charge in [0.05, 0.1) is 17.1 Å². The number of nitrogens with two attached hydrogens (primary N) is 1. The van der Waals surface area contributed by atoms with Gasteiger partial charge >= 0.3 is 6.09 Å². The lowest BCUT2D eigenvalue weighted by Crippen LogP contribution is -2.40. The predicted octanol–water partition coefficient (Wildman–Crippen LogP) is 4.26. The summed E-state index contributed by atoms with van der Waals surface area (Å²) in [5, 5.41) is 18.1. The van der Waals surface area contributed by atoms with Crippen LogP contribution in [-0.2, 0) is 0 Å². The summed E-state index contributed by atoms with van der Waals surface area (Å²) in [6.07, 6.45) is 1.74. The van der Waals surface area contributed by atoms with Gasteiger partial charge in [0.2, 0.25) is 6.79 Å². The highest BCUT2D eigenvalue weighted by molar-refractivity contribution is 6.06. The first kappa shape index (κ1) is 24.6. The van der Waals surface area contributed by atoms with Gasteiger partial charge in [-0.05, 0) is 49.2 Å². The van der Waals surface area contributed by atoms with E-state index in [1.54, 1.807) is 16.8 Å². The molecular formula is C27H22FN7O6. The molecule has 14 heteroatoms. The molecule has 2 aliphatic heterocycles. The molecule has 1 saturated heterocycles. The maximum atomic E-state index is 13.6. The number of hydrogen-bond acceptors (Lipinski definition) is 9. The third kappa shape index (κ3) is 4.11. The van der Waals surface area contributed by atoms with Gasteiger partial charge in [0.1, 0.15) is 29.2 Å². The van der Waals surface area contributed by atoms with Crippen molar-refractivity contribution in [3.05, 3.63) is 54.3 Å². The number of nitrogens with zero attached hydrogens (tertiary/aromatic N) is 5. The molecule has 4 N–H and O–H groups in total. The molecule has 41 heavy (non-hydrogen) atoms. The van der Waals surface area contributed by atoms with Crippen molar-refractivity contribution in [2.24, 2.45) is 0 Å². The number of furan rings is 1. The van der Waals surface area contributed by atoms with Gasteiger partial charge < -0.3 is 34.9 Å². The number of piperidine rings is 1. The monoisotopic (exact) mass is 559 g/mol. The number of fused-ring (bicyclic) bond motifs is 3. The van der Waals surface area contributed by atoms with Crippen LogP contribution in [0.2, 0.25) is 0 Å². The second-order valence-corrected chi connectivity index (χ2v) is 9.75. The van der Waals surface area contributed by atoms with Crippen LogP contribution in [0.25, 0.3) is 33.3 Å². The Morgan fingerprint density at radius 2 is 1.98 bits per heavy atom. The lowest BCUT2D eigenvalue weighted by Gasteiger charge is -2.30. The number of amides is 2. The van der Waals surface area contributed by atoms with Crippen molar-refractivity contribution in [1.29, 1.82) is 0 Å². The second kappa shape index (κ2) is 9.36. The maximum Gasteiger partial charge on any atom is 0.407 e. The molecule has 0 bridgehead atoms. The number of nitrogen functional groups attached to an aromatic ring is 1. The summed E-state index contributed by atoms with van der Waals surface area (Å²) in [5.74, 6) is -0.174. The lowest BCUT2D eigenvalue weighted by atomic mass is 10.1. The molecule has 3 aromatic heterocycles. The first-order chi connectivity index (χ1) is 19.9. The highest BCUT2D eigenvalue weighted by Gasteiger charge is 2.31. The molecule has 0 radical (unpaired) electrons. The number of carboxylic acid groups (broad SMARTS) is 1. The molecule has 5 aromatic rings. The Balaban J connectivity index is 1.27. The lowest BCUT2D eigenvalue weighted by molar-refractivity contribution is 0.0997. The molecular weight excluding hydrogens is 537 g/mol. The Kier molecular flexibility index (Phi) is 5.62. The van der Waals surface area contributed by atoms with E-state index in [9.17, 15) is 19.1 Å². The highest BCUT2D eigenvalue weighted by atomic mass is 19.1. The molecule has 208 valence electrons. The predicted molar refractivity (Wildman–Crippen MR) is 143 cm³/mol. The van der Waals surface area contributed by atoms with E-state index in [4.69, 9.17) is 24.7 Å². The fourth-order valence-corrected chi connectivity index (χ4v) is 5.36. The molecule has 5 heterocycles. The average Bonchev–Trinajstić information content (AvgIpc) is 3.71. The summed E-state index contributed by atoms with van der Waals surface area (Å²) < 4.78 is 32.4. The molecule has 0 aliphatic carbocycles. The van der Waals surface area contributed by atoms with E-state index >= 15 is 0 Å². The summed E-state index contributed by atoms with van der Waals surface area (Å²) in [7, 11) is 0.